The number of ether oxygens (including phenoxy) is 1. The minimum Gasteiger partial charge on any atom is -0.449 e. The van der Waals surface area contributed by atoms with E-state index in [0.29, 0.717) is 5.69 Å². The van der Waals surface area contributed by atoms with Crippen LogP contribution < -0.4 is 5.32 Å². The number of non-ortho nitro benzene ring substituents is 1. The molecule has 0 radical (unpaired) electrons. The van der Waals surface area contributed by atoms with Crippen molar-refractivity contribution in [3.8, 4) is 0 Å². The predicted molar refractivity (Wildman–Crippen MR) is 107 cm³/mol. The molecule has 7 nitrogen and oxygen atoms in total. The van der Waals surface area contributed by atoms with E-state index in [1.165, 1.54) is 13.0 Å². The molecule has 2 atom stereocenters. The van der Waals surface area contributed by atoms with E-state index in [9.17, 15) is 19.7 Å². The monoisotopic (exact) mass is 404 g/mol. The molecule has 2 rings (SSSR count). The summed E-state index contributed by atoms with van der Waals surface area (Å²) in [7, 11) is 0. The average molecular weight is 405 g/mol. The molecule has 0 fully saturated rings. The number of nitro benzene ring substituents is 1. The van der Waals surface area contributed by atoms with Gasteiger partial charge in [-0.2, -0.15) is 0 Å². The van der Waals surface area contributed by atoms with Gasteiger partial charge in [-0.05, 0) is 37.0 Å². The van der Waals surface area contributed by atoms with Gasteiger partial charge in [0.15, 0.2) is 6.10 Å². The maximum atomic E-state index is 12.5. The van der Waals surface area contributed by atoms with Crippen LogP contribution in [-0.2, 0) is 9.53 Å². The number of benzene rings is 2. The second-order valence-corrected chi connectivity index (χ2v) is 6.76. The Hall–Kier alpha value is -2.93. The van der Waals surface area contributed by atoms with Crippen molar-refractivity contribution in [2.45, 2.75) is 39.2 Å². The van der Waals surface area contributed by atoms with Gasteiger partial charge in [0.25, 0.3) is 11.6 Å². The average Bonchev–Trinajstić information content (AvgIpc) is 2.67. The van der Waals surface area contributed by atoms with Crippen molar-refractivity contribution in [3.63, 3.8) is 0 Å². The van der Waals surface area contributed by atoms with E-state index in [1.54, 1.807) is 6.07 Å². The van der Waals surface area contributed by atoms with Crippen LogP contribution in [0.3, 0.4) is 0 Å². The number of nitrogens with one attached hydrogen (secondary N) is 1. The van der Waals surface area contributed by atoms with E-state index in [4.69, 9.17) is 16.3 Å². The molecule has 8 heteroatoms. The fourth-order valence-electron chi connectivity index (χ4n) is 2.56. The first kappa shape index (κ1) is 21.4. The Balaban J connectivity index is 2.09. The summed E-state index contributed by atoms with van der Waals surface area (Å²) in [6, 6.07) is 10.9. The Morgan fingerprint density at radius 3 is 2.50 bits per heavy atom. The highest BCUT2D eigenvalue weighted by Crippen LogP contribution is 2.27. The molecule has 0 bridgehead atoms. The van der Waals surface area contributed by atoms with Gasteiger partial charge in [-0.15, -0.1) is 0 Å². The van der Waals surface area contributed by atoms with E-state index >= 15 is 0 Å². The zero-order valence-corrected chi connectivity index (χ0v) is 16.5. The molecule has 1 amide bonds. The Labute approximate surface area is 167 Å². The number of rotatable bonds is 7. The normalized spacial score (nSPS) is 12.7. The SMILES string of the molecule is CC[C@@H](C)c1ccccc1NC(=O)[C@H](C)OC(=O)c1ccc([N+](=O)[O-])cc1Cl. The Morgan fingerprint density at radius 2 is 1.89 bits per heavy atom. The van der Waals surface area contributed by atoms with Crippen molar-refractivity contribution >= 4 is 34.9 Å². The van der Waals surface area contributed by atoms with Crippen molar-refractivity contribution < 1.29 is 19.2 Å². The van der Waals surface area contributed by atoms with Gasteiger partial charge in [-0.1, -0.05) is 43.6 Å². The maximum absolute atomic E-state index is 12.5. The fraction of sp³-hybridized carbons (Fsp3) is 0.300. The molecule has 2 aromatic rings. The van der Waals surface area contributed by atoms with E-state index < -0.39 is 22.9 Å². The molecule has 0 saturated carbocycles. The van der Waals surface area contributed by atoms with Gasteiger partial charge in [0.1, 0.15) is 0 Å². The molecule has 2 aromatic carbocycles. The number of anilines is 1. The summed E-state index contributed by atoms with van der Waals surface area (Å²) in [6.45, 7) is 5.56. The molecule has 0 saturated heterocycles. The quantitative estimate of drug-likeness (QED) is 0.400. The summed E-state index contributed by atoms with van der Waals surface area (Å²) in [5, 5.41) is 13.4. The van der Waals surface area contributed by atoms with Gasteiger partial charge in [0.05, 0.1) is 15.5 Å². The number of carbonyl (C=O) groups excluding carboxylic acids is 2. The number of nitrogens with zero attached hydrogens (tertiary/aromatic N) is 1. The fourth-order valence-corrected chi connectivity index (χ4v) is 2.81. The standard InChI is InChI=1S/C20H21ClN2O5/c1-4-12(2)15-7-5-6-8-18(15)22-19(24)13(3)28-20(25)16-10-9-14(23(26)27)11-17(16)21/h5-13H,4H2,1-3H3,(H,22,24)/t12-,13+/m1/s1. The second kappa shape index (κ2) is 9.32. The second-order valence-electron chi connectivity index (χ2n) is 6.35. The van der Waals surface area contributed by atoms with E-state index in [0.717, 1.165) is 24.1 Å². The number of esters is 1. The molecule has 0 heterocycles. The van der Waals surface area contributed by atoms with E-state index in [1.807, 2.05) is 18.2 Å². The summed E-state index contributed by atoms with van der Waals surface area (Å²) < 4.78 is 5.17. The highest BCUT2D eigenvalue weighted by Gasteiger charge is 2.23. The minimum absolute atomic E-state index is 0.0491. The van der Waals surface area contributed by atoms with Crippen LogP contribution in [0, 0.1) is 10.1 Å². The van der Waals surface area contributed by atoms with Crippen LogP contribution >= 0.6 is 11.6 Å². The maximum Gasteiger partial charge on any atom is 0.340 e. The van der Waals surface area contributed by atoms with Crippen molar-refractivity contribution in [2.75, 3.05) is 5.32 Å². The third-order valence-corrected chi connectivity index (χ3v) is 4.71. The highest BCUT2D eigenvalue weighted by atomic mass is 35.5. The first-order valence-corrected chi connectivity index (χ1v) is 9.17. The lowest BCUT2D eigenvalue weighted by Crippen LogP contribution is -2.30. The Kier molecular flexibility index (Phi) is 7.12. The van der Waals surface area contributed by atoms with Gasteiger partial charge in [0, 0.05) is 17.8 Å². The van der Waals surface area contributed by atoms with Crippen LogP contribution in [-0.4, -0.2) is 22.9 Å². The van der Waals surface area contributed by atoms with Crippen molar-refractivity contribution in [3.05, 3.63) is 68.7 Å². The summed E-state index contributed by atoms with van der Waals surface area (Å²) in [4.78, 5) is 34.9. The van der Waals surface area contributed by atoms with Crippen LogP contribution in [0.25, 0.3) is 0 Å². The third-order valence-electron chi connectivity index (χ3n) is 4.40. The Morgan fingerprint density at radius 1 is 1.21 bits per heavy atom. The molecule has 148 valence electrons. The third kappa shape index (κ3) is 5.07. The van der Waals surface area contributed by atoms with Crippen LogP contribution in [0.15, 0.2) is 42.5 Å². The minimum atomic E-state index is -1.08. The molecule has 0 aliphatic heterocycles. The summed E-state index contributed by atoms with van der Waals surface area (Å²) in [5.74, 6) is -1.06. The molecule has 0 aliphatic rings. The lowest BCUT2D eigenvalue weighted by Gasteiger charge is -2.18. The largest absolute Gasteiger partial charge is 0.449 e. The molecule has 0 aliphatic carbocycles. The molecule has 28 heavy (non-hydrogen) atoms. The number of hydrogen-bond donors (Lipinski definition) is 1. The predicted octanol–water partition coefficient (Wildman–Crippen LogP) is 4.95. The number of halogens is 1. The zero-order valence-electron chi connectivity index (χ0n) is 15.8. The highest BCUT2D eigenvalue weighted by molar-refractivity contribution is 6.33. The lowest BCUT2D eigenvalue weighted by molar-refractivity contribution is -0.384. The lowest BCUT2D eigenvalue weighted by atomic mass is 9.97. The van der Waals surface area contributed by atoms with Gasteiger partial charge >= 0.3 is 5.97 Å². The van der Waals surface area contributed by atoms with Gasteiger partial charge in [-0.25, -0.2) is 4.79 Å². The molecule has 1 N–H and O–H groups in total. The van der Waals surface area contributed by atoms with E-state index in [2.05, 4.69) is 19.2 Å². The Bertz CT molecular complexity index is 900. The molecular weight excluding hydrogens is 384 g/mol. The zero-order chi connectivity index (χ0) is 20.8. The number of hydrogen-bond acceptors (Lipinski definition) is 5. The van der Waals surface area contributed by atoms with Gasteiger partial charge < -0.3 is 10.1 Å². The first-order chi connectivity index (χ1) is 13.2. The number of para-hydroxylation sites is 1. The number of carbonyl (C=O) groups is 2. The van der Waals surface area contributed by atoms with Gasteiger partial charge in [-0.3, -0.25) is 14.9 Å². The number of amides is 1. The molecule has 0 aromatic heterocycles. The summed E-state index contributed by atoms with van der Waals surface area (Å²) >= 11 is 5.93. The van der Waals surface area contributed by atoms with Crippen LogP contribution in [0.1, 0.15) is 49.0 Å². The number of nitro groups is 1. The first-order valence-electron chi connectivity index (χ1n) is 8.79. The summed E-state index contributed by atoms with van der Waals surface area (Å²) in [6.07, 6.45) is -0.167. The molecular formula is C20H21ClN2O5. The van der Waals surface area contributed by atoms with Crippen molar-refractivity contribution in [2.24, 2.45) is 0 Å². The topological polar surface area (TPSA) is 98.5 Å². The van der Waals surface area contributed by atoms with Crippen LogP contribution in [0.2, 0.25) is 5.02 Å². The van der Waals surface area contributed by atoms with Crippen LogP contribution in [0.5, 0.6) is 0 Å². The van der Waals surface area contributed by atoms with Crippen molar-refractivity contribution in [1.82, 2.24) is 0 Å². The van der Waals surface area contributed by atoms with Crippen LogP contribution in [0.4, 0.5) is 11.4 Å². The summed E-state index contributed by atoms with van der Waals surface area (Å²) in [5.41, 5.74) is 1.37. The molecule has 0 unspecified atom stereocenters. The molecule has 0 spiro atoms. The van der Waals surface area contributed by atoms with Gasteiger partial charge in [0.2, 0.25) is 0 Å². The van der Waals surface area contributed by atoms with Crippen molar-refractivity contribution in [1.29, 1.82) is 0 Å². The smallest absolute Gasteiger partial charge is 0.340 e. The van der Waals surface area contributed by atoms with E-state index in [-0.39, 0.29) is 22.2 Å².